The Bertz CT molecular complexity index is 873. The van der Waals surface area contributed by atoms with Crippen molar-refractivity contribution in [2.24, 2.45) is 0 Å². The predicted molar refractivity (Wildman–Crippen MR) is 224 cm³/mol. The highest BCUT2D eigenvalue weighted by Gasteiger charge is 2.16. The first-order valence-corrected chi connectivity index (χ1v) is 22.2. The van der Waals surface area contributed by atoms with E-state index < -0.39 is 6.10 Å². The molecule has 0 amide bonds. The van der Waals surface area contributed by atoms with Crippen molar-refractivity contribution in [2.45, 2.75) is 225 Å². The van der Waals surface area contributed by atoms with Crippen molar-refractivity contribution in [1.29, 1.82) is 0 Å². The number of ether oxygens (including phenoxy) is 2. The van der Waals surface area contributed by atoms with Gasteiger partial charge in [0.2, 0.25) is 0 Å². The van der Waals surface area contributed by atoms with Crippen LogP contribution in [-0.2, 0) is 19.1 Å². The molecule has 0 rings (SSSR count). The molecule has 5 nitrogen and oxygen atoms in total. The Hall–Kier alpha value is -2.14. The highest BCUT2D eigenvalue weighted by molar-refractivity contribution is 5.70. The molecule has 1 unspecified atom stereocenters. The molecule has 0 heterocycles. The van der Waals surface area contributed by atoms with Gasteiger partial charge in [0.1, 0.15) is 6.61 Å². The van der Waals surface area contributed by atoms with E-state index in [-0.39, 0.29) is 25.2 Å². The maximum atomic E-state index is 12.2. The molecule has 0 radical (unpaired) electrons. The minimum atomic E-state index is -0.780. The Kier molecular flexibility index (Phi) is 41.5. The lowest BCUT2D eigenvalue weighted by molar-refractivity contribution is -0.161. The Labute approximate surface area is 322 Å². The molecule has 0 saturated carbocycles. The van der Waals surface area contributed by atoms with Crippen LogP contribution in [0.25, 0.3) is 0 Å². The Morgan fingerprint density at radius 2 is 0.827 bits per heavy atom. The molecule has 0 fully saturated rings. The van der Waals surface area contributed by atoms with Gasteiger partial charge < -0.3 is 14.6 Å². The number of aliphatic hydroxyl groups excluding tert-OH is 1. The zero-order chi connectivity index (χ0) is 37.8. The van der Waals surface area contributed by atoms with Crippen LogP contribution in [0.4, 0.5) is 0 Å². The quantitative estimate of drug-likeness (QED) is 0.0386. The monoisotopic (exact) mass is 729 g/mol. The SMILES string of the molecule is CCC=CCC=CCC=CCC=CCCCCCCC(=O)OCC(CO)OC(=O)CCCCCCCCCCCCCCCCCCCCCCC. The lowest BCUT2D eigenvalue weighted by Gasteiger charge is -2.15. The standard InChI is InChI=1S/C47H84O5/c1-3-5-7-9-11-13-15-17-19-21-22-23-24-26-28-30-32-34-36-38-40-42-47(50)52-45(43-48)44-51-46(49)41-39-37-35-33-31-29-27-25-20-18-16-14-12-10-8-6-4-2/h6,8,12,14,18,20,27,29,45,48H,3-5,7,9-11,13,15-17,19,21-26,28,30-44H2,1-2H3. The van der Waals surface area contributed by atoms with Gasteiger partial charge in [0, 0.05) is 12.8 Å². The fourth-order valence-electron chi connectivity index (χ4n) is 6.31. The highest BCUT2D eigenvalue weighted by Crippen LogP contribution is 2.16. The number of esters is 2. The van der Waals surface area contributed by atoms with Crippen LogP contribution in [0.2, 0.25) is 0 Å². The Morgan fingerprint density at radius 1 is 0.462 bits per heavy atom. The molecular weight excluding hydrogens is 645 g/mol. The smallest absolute Gasteiger partial charge is 0.306 e. The predicted octanol–water partition coefficient (Wildman–Crippen LogP) is 14.2. The molecule has 0 aromatic carbocycles. The van der Waals surface area contributed by atoms with Gasteiger partial charge >= 0.3 is 11.9 Å². The first-order valence-electron chi connectivity index (χ1n) is 22.2. The fourth-order valence-corrected chi connectivity index (χ4v) is 6.31. The minimum absolute atomic E-state index is 0.0772. The summed E-state index contributed by atoms with van der Waals surface area (Å²) in [4.78, 5) is 24.3. The Morgan fingerprint density at radius 3 is 1.25 bits per heavy atom. The van der Waals surface area contributed by atoms with Crippen molar-refractivity contribution < 1.29 is 24.2 Å². The van der Waals surface area contributed by atoms with Gasteiger partial charge in [-0.2, -0.15) is 0 Å². The van der Waals surface area contributed by atoms with Gasteiger partial charge in [0.05, 0.1) is 6.61 Å². The second-order valence-electron chi connectivity index (χ2n) is 14.8. The molecule has 0 aromatic rings. The minimum Gasteiger partial charge on any atom is -0.462 e. The van der Waals surface area contributed by atoms with E-state index in [0.717, 1.165) is 77.0 Å². The summed E-state index contributed by atoms with van der Waals surface area (Å²) in [6.45, 7) is 4.02. The van der Waals surface area contributed by atoms with Crippen LogP contribution >= 0.6 is 0 Å². The number of unbranched alkanes of at least 4 members (excludes halogenated alkanes) is 24. The highest BCUT2D eigenvalue weighted by atomic mass is 16.6. The summed E-state index contributed by atoms with van der Waals surface area (Å²) in [5.41, 5.74) is 0. The van der Waals surface area contributed by atoms with E-state index in [1.54, 1.807) is 0 Å². The Balaban J connectivity index is 3.54. The number of carbonyl (C=O) groups is 2. The third-order valence-corrected chi connectivity index (χ3v) is 9.64. The van der Waals surface area contributed by atoms with Crippen LogP contribution in [0.5, 0.6) is 0 Å². The van der Waals surface area contributed by atoms with Gasteiger partial charge in [-0.25, -0.2) is 0 Å². The molecular formula is C47H84O5. The number of carbonyl (C=O) groups excluding carboxylic acids is 2. The molecule has 0 aromatic heterocycles. The number of aliphatic hydroxyl groups is 1. The van der Waals surface area contributed by atoms with Crippen molar-refractivity contribution in [3.8, 4) is 0 Å². The van der Waals surface area contributed by atoms with Crippen molar-refractivity contribution in [1.82, 2.24) is 0 Å². The summed E-state index contributed by atoms with van der Waals surface area (Å²) in [5, 5.41) is 9.58. The van der Waals surface area contributed by atoms with Crippen LogP contribution in [0.15, 0.2) is 48.6 Å². The maximum absolute atomic E-state index is 12.2. The first-order chi connectivity index (χ1) is 25.6. The summed E-state index contributed by atoms with van der Waals surface area (Å²) >= 11 is 0. The van der Waals surface area contributed by atoms with Crippen molar-refractivity contribution in [3.63, 3.8) is 0 Å². The van der Waals surface area contributed by atoms with E-state index in [4.69, 9.17) is 9.47 Å². The number of hydrogen-bond donors (Lipinski definition) is 1. The lowest BCUT2D eigenvalue weighted by Crippen LogP contribution is -2.28. The summed E-state index contributed by atoms with van der Waals surface area (Å²) in [5.74, 6) is -0.612. The topological polar surface area (TPSA) is 72.8 Å². The van der Waals surface area contributed by atoms with E-state index in [0.29, 0.717) is 12.8 Å². The molecule has 0 aliphatic heterocycles. The van der Waals surface area contributed by atoms with E-state index in [2.05, 4.69) is 62.5 Å². The molecule has 0 bridgehead atoms. The third kappa shape index (κ3) is 40.6. The average molecular weight is 729 g/mol. The van der Waals surface area contributed by atoms with Crippen LogP contribution < -0.4 is 0 Å². The zero-order valence-corrected chi connectivity index (χ0v) is 34.3. The molecule has 0 aliphatic rings. The van der Waals surface area contributed by atoms with Crippen molar-refractivity contribution in [3.05, 3.63) is 48.6 Å². The maximum Gasteiger partial charge on any atom is 0.306 e. The molecule has 52 heavy (non-hydrogen) atoms. The van der Waals surface area contributed by atoms with E-state index >= 15 is 0 Å². The van der Waals surface area contributed by atoms with Crippen molar-refractivity contribution >= 4 is 11.9 Å². The van der Waals surface area contributed by atoms with Gasteiger partial charge in [0.15, 0.2) is 6.10 Å². The van der Waals surface area contributed by atoms with Crippen molar-refractivity contribution in [2.75, 3.05) is 13.2 Å². The summed E-state index contributed by atoms with van der Waals surface area (Å²) in [6.07, 6.45) is 54.7. The molecule has 5 heteroatoms. The second kappa shape index (κ2) is 43.3. The van der Waals surface area contributed by atoms with E-state index in [1.165, 1.54) is 116 Å². The largest absolute Gasteiger partial charge is 0.462 e. The summed E-state index contributed by atoms with van der Waals surface area (Å²) < 4.78 is 10.6. The number of allylic oxidation sites excluding steroid dienone is 8. The van der Waals surface area contributed by atoms with E-state index in [1.807, 2.05) is 0 Å². The average Bonchev–Trinajstić information content (AvgIpc) is 3.15. The van der Waals surface area contributed by atoms with Gasteiger partial charge in [-0.15, -0.1) is 0 Å². The lowest BCUT2D eigenvalue weighted by atomic mass is 10.0. The van der Waals surface area contributed by atoms with Gasteiger partial charge in [0.25, 0.3) is 0 Å². The molecule has 0 spiro atoms. The molecule has 1 N–H and O–H groups in total. The van der Waals surface area contributed by atoms with Gasteiger partial charge in [-0.1, -0.05) is 204 Å². The third-order valence-electron chi connectivity index (χ3n) is 9.64. The van der Waals surface area contributed by atoms with Gasteiger partial charge in [-0.05, 0) is 51.4 Å². The first kappa shape index (κ1) is 49.9. The molecule has 1 atom stereocenters. The second-order valence-corrected chi connectivity index (χ2v) is 14.8. The van der Waals surface area contributed by atoms with Gasteiger partial charge in [-0.3, -0.25) is 9.59 Å². The summed E-state index contributed by atoms with van der Waals surface area (Å²) in [7, 11) is 0. The van der Waals surface area contributed by atoms with Crippen LogP contribution in [0.1, 0.15) is 219 Å². The number of rotatable bonds is 40. The van der Waals surface area contributed by atoms with E-state index in [9.17, 15) is 14.7 Å². The fraction of sp³-hybridized carbons (Fsp3) is 0.787. The molecule has 302 valence electrons. The normalized spacial score (nSPS) is 12.6. The number of hydrogen-bond acceptors (Lipinski definition) is 5. The van der Waals surface area contributed by atoms with Crippen LogP contribution in [-0.4, -0.2) is 36.4 Å². The molecule has 0 saturated heterocycles. The molecule has 0 aliphatic carbocycles. The summed E-state index contributed by atoms with van der Waals surface area (Å²) in [6, 6.07) is 0. The zero-order valence-electron chi connectivity index (χ0n) is 34.3. The van der Waals surface area contributed by atoms with Crippen LogP contribution in [0.3, 0.4) is 0 Å². The van der Waals surface area contributed by atoms with Crippen LogP contribution in [0, 0.1) is 0 Å².